The first-order chi connectivity index (χ1) is 54.0. The van der Waals surface area contributed by atoms with Crippen LogP contribution in [-0.4, -0.2) is 114 Å². The van der Waals surface area contributed by atoms with Crippen molar-refractivity contribution >= 4 is 174 Å². The summed E-state index contributed by atoms with van der Waals surface area (Å²) in [7, 11) is 0. The van der Waals surface area contributed by atoms with Gasteiger partial charge in [-0.1, -0.05) is 48.5 Å². The van der Waals surface area contributed by atoms with Crippen LogP contribution in [0.4, 0.5) is 91.0 Å². The lowest BCUT2D eigenvalue weighted by molar-refractivity contribution is -0.135. The van der Waals surface area contributed by atoms with Gasteiger partial charge in [-0.15, -0.1) is 0 Å². The highest BCUT2D eigenvalue weighted by atomic mass is 35.5. The van der Waals surface area contributed by atoms with Crippen LogP contribution in [0, 0.1) is 21.6 Å². The smallest absolute Gasteiger partial charge is 0.387 e. The maximum atomic E-state index is 10.6. The molecule has 120 heavy (non-hydrogen) atoms. The molecule has 8 aromatic rings. The maximum absolute atomic E-state index is 10.6. The van der Waals surface area contributed by atoms with Crippen molar-refractivity contribution in [1.29, 1.82) is 21.6 Å². The number of nitrogen functional groups attached to an aromatic ring is 4. The van der Waals surface area contributed by atoms with Crippen LogP contribution in [-0.2, 0) is 67.1 Å². The molecule has 0 aromatic heterocycles. The van der Waals surface area contributed by atoms with Gasteiger partial charge in [-0.3, -0.25) is 67.1 Å². The fraction of sp³-hybridized carbons (Fsp3) is 0.184. The summed E-state index contributed by atoms with van der Waals surface area (Å²) in [6, 6.07) is 54.7. The van der Waals surface area contributed by atoms with Crippen LogP contribution in [0.3, 0.4) is 0 Å². The van der Waals surface area contributed by atoms with Gasteiger partial charge in [0.15, 0.2) is 19.9 Å². The molecule has 0 atom stereocenters. The minimum absolute atomic E-state index is 0. The Kier molecular flexibility index (Phi) is 80.7. The van der Waals surface area contributed by atoms with Crippen molar-refractivity contribution < 1.29 is 147 Å². The molecule has 0 aliphatic carbocycles. The summed E-state index contributed by atoms with van der Waals surface area (Å²) in [6.07, 6.45) is 0. The highest BCUT2D eigenvalue weighted by Gasteiger charge is 2.09. The first-order valence-corrected chi connectivity index (χ1v) is 32.6. The highest BCUT2D eigenvalue weighted by molar-refractivity contribution is 5.93. The third-order valence-corrected chi connectivity index (χ3v) is 9.96. The number of carbonyl (C=O) groups is 14. The topological polar surface area (TPSA) is 673 Å². The Labute approximate surface area is 715 Å². The second-order valence-corrected chi connectivity index (χ2v) is 21.7. The van der Waals surface area contributed by atoms with Crippen molar-refractivity contribution in [2.45, 2.75) is 96.9 Å². The van der Waals surface area contributed by atoms with Gasteiger partial charge in [-0.25, -0.2) is 0 Å². The number of halogens is 4. The summed E-state index contributed by atoms with van der Waals surface area (Å²) in [5, 5.41) is 98.9. The number of benzene rings is 8. The number of hydrogen-bond acceptors (Lipinski definition) is 22. The minimum Gasteiger partial charge on any atom is -1.00 e. The molecule has 0 saturated heterocycles. The van der Waals surface area contributed by atoms with E-state index < -0.39 is 35.8 Å². The van der Waals surface area contributed by atoms with Crippen LogP contribution in [0.25, 0.3) is 19.9 Å². The number of hydrogen-bond donors (Lipinski definition) is 18. The van der Waals surface area contributed by atoms with E-state index in [9.17, 15) is 38.4 Å². The number of diazo groups is 4. The first-order valence-electron chi connectivity index (χ1n) is 32.6. The van der Waals surface area contributed by atoms with E-state index in [0.717, 1.165) is 64.3 Å². The number of anilines is 12. The Morgan fingerprint density at radius 3 is 0.408 bits per heavy atom. The van der Waals surface area contributed by atoms with E-state index in [1.807, 2.05) is 0 Å². The lowest BCUT2D eigenvalue weighted by Crippen LogP contribution is -3.00. The molecule has 0 fully saturated rings. The molecule has 648 valence electrons. The van der Waals surface area contributed by atoms with Crippen LogP contribution in [0.5, 0.6) is 0 Å². The fourth-order valence-electron chi connectivity index (χ4n) is 6.68. The lowest BCUT2D eigenvalue weighted by Gasteiger charge is -2.01. The maximum Gasteiger partial charge on any atom is 0.387 e. The second-order valence-electron chi connectivity index (χ2n) is 21.7. The van der Waals surface area contributed by atoms with Crippen molar-refractivity contribution in [3.05, 3.63) is 214 Å². The van der Waals surface area contributed by atoms with Gasteiger partial charge in [0.05, 0.1) is 24.3 Å². The van der Waals surface area contributed by atoms with Crippen LogP contribution >= 0.6 is 0 Å². The molecule has 0 aliphatic heterocycles. The molecule has 0 radical (unpaired) electrons. The Morgan fingerprint density at radius 2 is 0.317 bits per heavy atom. The largest absolute Gasteiger partial charge is 1.00 e. The van der Waals surface area contributed by atoms with E-state index in [1.165, 1.54) is 55.4 Å². The summed E-state index contributed by atoms with van der Waals surface area (Å²) in [4.78, 5) is 151. The Morgan fingerprint density at radius 1 is 0.217 bits per heavy atom. The first kappa shape index (κ1) is 125. The molecule has 8 rings (SSSR count). The number of aliphatic carboxylic acids is 6. The molecular weight excluding hydrogens is 1650 g/mol. The Hall–Kier alpha value is -15.6. The second kappa shape index (κ2) is 77.3. The average Bonchev–Trinajstić information content (AvgIpc) is 0.951. The molecular formula is C76H96Cl4N20O20. The number of carboxylic acids is 6. The van der Waals surface area contributed by atoms with Gasteiger partial charge < -0.3 is 146 Å². The van der Waals surface area contributed by atoms with E-state index in [-0.39, 0.29) is 96.9 Å². The average molecular weight is 1750 g/mol. The summed E-state index contributed by atoms with van der Waals surface area (Å²) in [5.41, 5.74) is 31.6. The summed E-state index contributed by atoms with van der Waals surface area (Å²) < 4.78 is 0. The van der Waals surface area contributed by atoms with Gasteiger partial charge in [-0.05, 0) is 97.1 Å². The number of nitrogens with two attached hydrogens (primary N) is 4. The SMILES string of the molecule is CC(=O)Nc1cccc(N)c1.CC(=O)Nc1cccc(N)c1.CC(=O)Nc1cccc(N)c1.CC(=O)Nc1cccc(N)c1.CC(=O)Nc1cccc([N+]#N)c1.CC(=O)Nc1cccc([N+]#N)c1.CC(=O)Nc1cccc([N+]#N)c1.CC(=O)Nc1cccc([N+]#N)c1.CC(=O)O.CC(=O)O.CC(=O)O.CC(=O)O.CC(=O)O.CC(=O)O.[Cl-].[Cl-].[Cl-].[Cl-]. The molecule has 8 amide bonds. The zero-order valence-electron chi connectivity index (χ0n) is 67.3. The van der Waals surface area contributed by atoms with Crippen molar-refractivity contribution in [1.82, 2.24) is 0 Å². The van der Waals surface area contributed by atoms with Gasteiger partial charge in [0.25, 0.3) is 35.8 Å². The van der Waals surface area contributed by atoms with Crippen LogP contribution in [0.1, 0.15) is 96.9 Å². The van der Waals surface area contributed by atoms with Crippen LogP contribution < -0.4 is 115 Å². The van der Waals surface area contributed by atoms with Crippen LogP contribution in [0.15, 0.2) is 194 Å². The van der Waals surface area contributed by atoms with Crippen molar-refractivity contribution in [3.8, 4) is 0 Å². The third-order valence-electron chi connectivity index (χ3n) is 9.96. The predicted octanol–water partition coefficient (Wildman–Crippen LogP) is 1.99. The Bertz CT molecular complexity index is 4070. The molecule has 0 aliphatic rings. The Balaban J connectivity index is -0.000000138. The number of amides is 8. The van der Waals surface area contributed by atoms with E-state index in [0.29, 0.717) is 68.2 Å². The highest BCUT2D eigenvalue weighted by Crippen LogP contribution is 2.21. The van der Waals surface area contributed by atoms with Gasteiger partial charge in [-0.2, -0.15) is 0 Å². The van der Waals surface area contributed by atoms with Gasteiger partial charge in [0.1, 0.15) is 0 Å². The number of nitrogens with zero attached hydrogens (tertiary/aromatic N) is 8. The zero-order chi connectivity index (χ0) is 90.4. The van der Waals surface area contributed by atoms with Crippen molar-refractivity contribution in [3.63, 3.8) is 0 Å². The molecule has 40 nitrogen and oxygen atoms in total. The summed E-state index contributed by atoms with van der Waals surface area (Å²) in [5.74, 6) is -5.94. The predicted molar refractivity (Wildman–Crippen MR) is 442 cm³/mol. The zero-order valence-corrected chi connectivity index (χ0v) is 70.3. The number of carbonyl (C=O) groups excluding carboxylic acids is 8. The molecule has 0 spiro atoms. The summed E-state index contributed by atoms with van der Waals surface area (Å²) in [6.45, 7) is 18.0. The molecule has 0 heterocycles. The van der Waals surface area contributed by atoms with E-state index in [2.05, 4.69) is 62.4 Å². The van der Waals surface area contributed by atoms with Crippen molar-refractivity contribution in [2.75, 3.05) is 65.5 Å². The molecule has 0 bridgehead atoms. The summed E-state index contributed by atoms with van der Waals surface area (Å²) >= 11 is 0. The van der Waals surface area contributed by atoms with Gasteiger partial charge in [0.2, 0.25) is 68.8 Å². The minimum atomic E-state index is -0.833. The van der Waals surface area contributed by atoms with E-state index in [1.54, 1.807) is 194 Å². The number of nitrogens with one attached hydrogen (secondary N) is 8. The standard InChI is InChI=1S/4C8H7N3O.4C8H10N2O.6C2H4O2.4ClH/c4*1-6(12)10-7-3-2-4-8(5-7)11-9;4*1-6(11)10-8-4-2-3-7(9)5-8;6*1-2(3)4;;;;/h4*2-5H,1H3;4*2-5H,9H2,1H3,(H,10,11);6*1H3,(H,3,4);4*1H. The van der Waals surface area contributed by atoms with Gasteiger partial charge >= 0.3 is 22.7 Å². The molecule has 0 unspecified atom stereocenters. The normalized spacial score (nSPS) is 8.08. The van der Waals surface area contributed by atoms with Gasteiger partial charge in [0, 0.05) is 189 Å². The van der Waals surface area contributed by atoms with E-state index >= 15 is 0 Å². The quantitative estimate of drug-likeness (QED) is 0.0764. The van der Waals surface area contributed by atoms with E-state index in [4.69, 9.17) is 104 Å². The molecule has 22 N–H and O–H groups in total. The van der Waals surface area contributed by atoms with Crippen molar-refractivity contribution in [2.24, 2.45) is 0 Å². The molecule has 44 heteroatoms. The number of carboxylic acid groups (broad SMARTS) is 6. The third kappa shape index (κ3) is 96.6. The van der Waals surface area contributed by atoms with Crippen LogP contribution in [0.2, 0.25) is 0 Å². The molecule has 0 saturated carbocycles. The number of rotatable bonds is 8. The fourth-order valence-corrected chi connectivity index (χ4v) is 6.68. The monoisotopic (exact) mass is 1750 g/mol. The molecule has 8 aromatic carbocycles. The lowest BCUT2D eigenvalue weighted by atomic mass is 10.3.